The minimum atomic E-state index is -5.08. The molecule has 26 heavy (non-hydrogen) atoms. The van der Waals surface area contributed by atoms with Crippen molar-refractivity contribution in [1.29, 1.82) is 0 Å². The lowest BCUT2D eigenvalue weighted by molar-refractivity contribution is -0.192. The molecule has 0 aliphatic rings. The fourth-order valence-electron chi connectivity index (χ4n) is 1.74. The van der Waals surface area contributed by atoms with Gasteiger partial charge in [0, 0.05) is 36.4 Å². The topological polar surface area (TPSA) is 105 Å². The number of alkyl halides is 3. The normalized spacial score (nSPS) is 10.7. The number of carbonyl (C=O) groups excluding carboxylic acids is 1. The third kappa shape index (κ3) is 8.01. The Kier molecular flexibility index (Phi) is 8.10. The van der Waals surface area contributed by atoms with Gasteiger partial charge in [-0.15, -0.1) is 11.3 Å². The zero-order valence-corrected chi connectivity index (χ0v) is 14.8. The Labute approximate surface area is 151 Å². The molecule has 2 rings (SSSR count). The first-order chi connectivity index (χ1) is 12.1. The Bertz CT molecular complexity index is 735. The number of aryl methyl sites for hydroxylation is 2. The molecule has 0 fully saturated rings. The summed E-state index contributed by atoms with van der Waals surface area (Å²) in [6, 6.07) is 0. The van der Waals surface area contributed by atoms with Crippen molar-refractivity contribution in [2.75, 3.05) is 6.54 Å². The van der Waals surface area contributed by atoms with Crippen molar-refractivity contribution >= 4 is 23.2 Å². The second-order valence-corrected chi connectivity index (χ2v) is 6.42. The number of nitrogens with zero attached hydrogens (tertiary/aromatic N) is 3. The van der Waals surface area contributed by atoms with Crippen LogP contribution in [0.3, 0.4) is 0 Å². The van der Waals surface area contributed by atoms with E-state index in [1.54, 1.807) is 29.9 Å². The second kappa shape index (κ2) is 9.80. The molecule has 142 valence electrons. The minimum absolute atomic E-state index is 0.00251. The molecule has 0 atom stereocenters. The fourth-order valence-corrected chi connectivity index (χ4v) is 2.57. The number of aliphatic carboxylic acids is 1. The van der Waals surface area contributed by atoms with E-state index in [1.165, 1.54) is 0 Å². The number of nitrogens with one attached hydrogen (secondary N) is 1. The Morgan fingerprint density at radius 3 is 2.38 bits per heavy atom. The van der Waals surface area contributed by atoms with Crippen molar-refractivity contribution in [2.45, 2.75) is 32.9 Å². The van der Waals surface area contributed by atoms with Crippen molar-refractivity contribution in [3.63, 3.8) is 0 Å². The van der Waals surface area contributed by atoms with Gasteiger partial charge in [0.15, 0.2) is 0 Å². The highest BCUT2D eigenvalue weighted by atomic mass is 32.1. The van der Waals surface area contributed by atoms with Gasteiger partial charge < -0.3 is 10.4 Å². The molecule has 2 heterocycles. The Morgan fingerprint density at radius 2 is 1.92 bits per heavy atom. The zero-order chi connectivity index (χ0) is 19.7. The number of halogens is 3. The first-order valence-electron chi connectivity index (χ1n) is 7.34. The Hall–Kier alpha value is -2.56. The summed E-state index contributed by atoms with van der Waals surface area (Å²) in [7, 11) is 0. The van der Waals surface area contributed by atoms with Crippen molar-refractivity contribution in [2.24, 2.45) is 0 Å². The van der Waals surface area contributed by atoms with Crippen molar-refractivity contribution < 1.29 is 27.9 Å². The van der Waals surface area contributed by atoms with Crippen molar-refractivity contribution in [3.8, 4) is 0 Å². The summed E-state index contributed by atoms with van der Waals surface area (Å²) in [6.45, 7) is 4.51. The Balaban J connectivity index is 0.000000412. The molecule has 0 unspecified atom stereocenters. The van der Waals surface area contributed by atoms with Gasteiger partial charge >= 0.3 is 12.1 Å². The standard InChI is InChI=1S/C13H16N4OS.C2HF3O2/c1-9-12(17-10(2)19-9)7-13(18)16-4-3-11-8-14-5-6-15-11;3-2(4,5)1(6)7/h5-6,8H,3-4,7H2,1-2H3,(H,16,18);(H,6,7). The fraction of sp³-hybridized carbons (Fsp3) is 0.400. The molecule has 0 spiro atoms. The van der Waals surface area contributed by atoms with Crippen LogP contribution in [-0.2, 0) is 22.4 Å². The maximum atomic E-state index is 11.8. The van der Waals surface area contributed by atoms with Crippen LogP contribution >= 0.6 is 11.3 Å². The Morgan fingerprint density at radius 1 is 1.27 bits per heavy atom. The molecule has 0 bridgehead atoms. The van der Waals surface area contributed by atoms with E-state index in [9.17, 15) is 18.0 Å². The highest BCUT2D eigenvalue weighted by Gasteiger charge is 2.38. The summed E-state index contributed by atoms with van der Waals surface area (Å²) in [5.41, 5.74) is 1.75. The number of aromatic nitrogens is 3. The van der Waals surface area contributed by atoms with E-state index < -0.39 is 12.1 Å². The third-order valence-corrected chi connectivity index (χ3v) is 3.82. The lowest BCUT2D eigenvalue weighted by Gasteiger charge is -2.04. The third-order valence-electron chi connectivity index (χ3n) is 2.89. The van der Waals surface area contributed by atoms with Gasteiger partial charge in [0.05, 0.1) is 22.8 Å². The van der Waals surface area contributed by atoms with Crippen LogP contribution in [-0.4, -0.2) is 44.7 Å². The molecule has 7 nitrogen and oxygen atoms in total. The summed E-state index contributed by atoms with van der Waals surface area (Å²) < 4.78 is 31.7. The van der Waals surface area contributed by atoms with Crippen LogP contribution in [0, 0.1) is 13.8 Å². The van der Waals surface area contributed by atoms with E-state index in [0.717, 1.165) is 21.3 Å². The summed E-state index contributed by atoms with van der Waals surface area (Å²) in [5, 5.41) is 11.0. The van der Waals surface area contributed by atoms with Crippen LogP contribution in [0.1, 0.15) is 21.3 Å². The first-order valence-corrected chi connectivity index (χ1v) is 8.16. The van der Waals surface area contributed by atoms with Crippen LogP contribution in [0.2, 0.25) is 0 Å². The molecule has 0 radical (unpaired) electrons. The molecule has 0 aromatic carbocycles. The van der Waals surface area contributed by atoms with E-state index in [0.29, 0.717) is 19.4 Å². The number of carboxylic acid groups (broad SMARTS) is 1. The summed E-state index contributed by atoms with van der Waals surface area (Å²) in [5.74, 6) is -2.76. The summed E-state index contributed by atoms with van der Waals surface area (Å²) >= 11 is 1.62. The highest BCUT2D eigenvalue weighted by molar-refractivity contribution is 7.11. The maximum absolute atomic E-state index is 11.8. The molecule has 2 N–H and O–H groups in total. The summed E-state index contributed by atoms with van der Waals surface area (Å²) in [6.07, 6.45) is 0.944. The van der Waals surface area contributed by atoms with Gasteiger partial charge in [-0.2, -0.15) is 13.2 Å². The van der Waals surface area contributed by atoms with Gasteiger partial charge in [-0.3, -0.25) is 14.8 Å². The molecular formula is C15H17F3N4O3S. The van der Waals surface area contributed by atoms with Crippen molar-refractivity contribution in [3.05, 3.63) is 39.9 Å². The quantitative estimate of drug-likeness (QED) is 0.810. The minimum Gasteiger partial charge on any atom is -0.475 e. The summed E-state index contributed by atoms with van der Waals surface area (Å²) in [4.78, 5) is 34.3. The number of carbonyl (C=O) groups is 2. The number of carboxylic acids is 1. The highest BCUT2D eigenvalue weighted by Crippen LogP contribution is 2.16. The van der Waals surface area contributed by atoms with E-state index >= 15 is 0 Å². The molecule has 11 heteroatoms. The van der Waals surface area contributed by atoms with Crippen LogP contribution in [0.25, 0.3) is 0 Å². The predicted octanol–water partition coefficient (Wildman–Crippen LogP) is 2.08. The van der Waals surface area contributed by atoms with Gasteiger partial charge in [0.1, 0.15) is 0 Å². The SMILES string of the molecule is Cc1nc(CC(=O)NCCc2cnccn2)c(C)s1.O=C(O)C(F)(F)F. The van der Waals surface area contributed by atoms with Crippen LogP contribution in [0.4, 0.5) is 13.2 Å². The van der Waals surface area contributed by atoms with E-state index in [-0.39, 0.29) is 5.91 Å². The van der Waals surface area contributed by atoms with E-state index in [4.69, 9.17) is 9.90 Å². The van der Waals surface area contributed by atoms with Gasteiger partial charge in [-0.1, -0.05) is 0 Å². The molecule has 0 saturated carbocycles. The molecule has 2 aromatic rings. The lowest BCUT2D eigenvalue weighted by atomic mass is 10.2. The number of rotatable bonds is 5. The van der Waals surface area contributed by atoms with Gasteiger partial charge in [0.25, 0.3) is 0 Å². The molecule has 2 aromatic heterocycles. The number of hydrogen-bond acceptors (Lipinski definition) is 6. The number of thiazole rings is 1. The van der Waals surface area contributed by atoms with Gasteiger partial charge in [-0.05, 0) is 13.8 Å². The average molecular weight is 390 g/mol. The molecule has 0 saturated heterocycles. The van der Waals surface area contributed by atoms with Crippen LogP contribution in [0.5, 0.6) is 0 Å². The molecular weight excluding hydrogens is 373 g/mol. The maximum Gasteiger partial charge on any atom is 0.490 e. The number of hydrogen-bond donors (Lipinski definition) is 2. The second-order valence-electron chi connectivity index (χ2n) is 5.01. The lowest BCUT2D eigenvalue weighted by Crippen LogP contribution is -2.27. The number of amides is 1. The largest absolute Gasteiger partial charge is 0.490 e. The molecule has 0 aliphatic heterocycles. The van der Waals surface area contributed by atoms with Crippen LogP contribution in [0.15, 0.2) is 18.6 Å². The predicted molar refractivity (Wildman–Crippen MR) is 87.7 cm³/mol. The molecule has 1 amide bonds. The average Bonchev–Trinajstić information content (AvgIpc) is 2.85. The van der Waals surface area contributed by atoms with Gasteiger partial charge in [0.2, 0.25) is 5.91 Å². The zero-order valence-electron chi connectivity index (χ0n) is 14.0. The van der Waals surface area contributed by atoms with Crippen molar-refractivity contribution in [1.82, 2.24) is 20.3 Å². The molecule has 0 aliphatic carbocycles. The monoisotopic (exact) mass is 390 g/mol. The van der Waals surface area contributed by atoms with E-state index in [1.807, 2.05) is 13.8 Å². The van der Waals surface area contributed by atoms with Crippen LogP contribution < -0.4 is 5.32 Å². The van der Waals surface area contributed by atoms with Gasteiger partial charge in [-0.25, -0.2) is 9.78 Å². The van der Waals surface area contributed by atoms with E-state index in [2.05, 4.69) is 20.3 Å². The first kappa shape index (κ1) is 21.5. The smallest absolute Gasteiger partial charge is 0.475 e.